The molecular formula is C9H9BrN4O3S. The Hall–Kier alpha value is -1.61. The fourth-order valence-electron chi connectivity index (χ4n) is 1.28. The molecule has 0 aliphatic rings. The van der Waals surface area contributed by atoms with Crippen LogP contribution in [0.5, 0.6) is 0 Å². The van der Waals surface area contributed by atoms with Gasteiger partial charge < -0.3 is 9.84 Å². The molecule has 0 aliphatic carbocycles. The first kappa shape index (κ1) is 12.8. The van der Waals surface area contributed by atoms with Crippen LogP contribution in [0.1, 0.15) is 0 Å². The second-order valence-electron chi connectivity index (χ2n) is 3.27. The van der Waals surface area contributed by atoms with Crippen LogP contribution in [0.2, 0.25) is 0 Å². The van der Waals surface area contributed by atoms with Crippen molar-refractivity contribution in [2.75, 3.05) is 17.1 Å². The van der Waals surface area contributed by atoms with Crippen molar-refractivity contribution in [2.45, 2.75) is 4.90 Å². The second-order valence-corrected chi connectivity index (χ2v) is 5.84. The van der Waals surface area contributed by atoms with E-state index in [1.807, 2.05) is 0 Å². The maximum atomic E-state index is 12.2. The largest absolute Gasteiger partial charge is 0.372 e. The topological polar surface area (TPSA) is 97.1 Å². The Morgan fingerprint density at radius 1 is 1.39 bits per heavy atom. The molecule has 0 aliphatic heterocycles. The van der Waals surface area contributed by atoms with Crippen molar-refractivity contribution in [1.82, 2.24) is 10.1 Å². The Morgan fingerprint density at radius 2 is 2.17 bits per heavy atom. The lowest BCUT2D eigenvalue weighted by molar-refractivity contribution is 0.420. The van der Waals surface area contributed by atoms with E-state index in [2.05, 4.69) is 40.6 Å². The lowest BCUT2D eigenvalue weighted by Gasteiger charge is -2.10. The van der Waals surface area contributed by atoms with Gasteiger partial charge in [0.2, 0.25) is 0 Å². The molecule has 2 N–H and O–H groups in total. The first-order valence-electron chi connectivity index (χ1n) is 4.78. The minimum atomic E-state index is -3.75. The molecule has 0 atom stereocenters. The monoisotopic (exact) mass is 332 g/mol. The van der Waals surface area contributed by atoms with E-state index in [1.54, 1.807) is 7.05 Å². The lowest BCUT2D eigenvalue weighted by Crippen LogP contribution is -2.15. The Morgan fingerprint density at radius 3 is 2.78 bits per heavy atom. The molecule has 0 aromatic carbocycles. The van der Waals surface area contributed by atoms with E-state index in [0.717, 1.165) is 0 Å². The van der Waals surface area contributed by atoms with E-state index in [0.29, 0.717) is 4.47 Å². The zero-order valence-corrected chi connectivity index (χ0v) is 11.6. The summed E-state index contributed by atoms with van der Waals surface area (Å²) in [7, 11) is -2.16. The van der Waals surface area contributed by atoms with Crippen LogP contribution in [0.15, 0.2) is 38.6 Å². The Balaban J connectivity index is 2.43. The van der Waals surface area contributed by atoms with Gasteiger partial charge in [-0.3, -0.25) is 4.72 Å². The fourth-order valence-corrected chi connectivity index (χ4v) is 2.97. The quantitative estimate of drug-likeness (QED) is 0.883. The molecule has 0 fully saturated rings. The summed E-state index contributed by atoms with van der Waals surface area (Å²) in [6.45, 7) is 0. The second kappa shape index (κ2) is 4.94. The molecule has 0 bridgehead atoms. The average molecular weight is 333 g/mol. The normalized spacial score (nSPS) is 11.2. The van der Waals surface area contributed by atoms with Crippen LogP contribution >= 0.6 is 15.9 Å². The number of pyridine rings is 1. The number of nitrogens with one attached hydrogen (secondary N) is 2. The Bertz CT molecular complexity index is 642. The average Bonchev–Trinajstić information content (AvgIpc) is 2.81. The number of hydrogen-bond donors (Lipinski definition) is 2. The number of sulfonamides is 1. The molecule has 0 amide bonds. The van der Waals surface area contributed by atoms with E-state index in [9.17, 15) is 8.42 Å². The van der Waals surface area contributed by atoms with Gasteiger partial charge in [-0.25, -0.2) is 13.4 Å². The van der Waals surface area contributed by atoms with Crippen LogP contribution < -0.4 is 10.0 Å². The number of hydrogen-bond acceptors (Lipinski definition) is 6. The third-order valence-electron chi connectivity index (χ3n) is 2.03. The van der Waals surface area contributed by atoms with Gasteiger partial charge >= 0.3 is 0 Å². The highest BCUT2D eigenvalue weighted by molar-refractivity contribution is 9.10. The van der Waals surface area contributed by atoms with Gasteiger partial charge in [-0.2, -0.15) is 0 Å². The molecule has 0 spiro atoms. The predicted molar refractivity (Wildman–Crippen MR) is 68.8 cm³/mol. The van der Waals surface area contributed by atoms with Crippen LogP contribution in [0, 0.1) is 0 Å². The van der Waals surface area contributed by atoms with E-state index in [-0.39, 0.29) is 16.4 Å². The summed E-state index contributed by atoms with van der Waals surface area (Å²) in [5.41, 5.74) is 0.247. The van der Waals surface area contributed by atoms with Gasteiger partial charge in [0.25, 0.3) is 10.0 Å². The Labute approximate surface area is 112 Å². The molecule has 96 valence electrons. The number of nitrogens with zero attached hydrogens (tertiary/aromatic N) is 2. The van der Waals surface area contributed by atoms with E-state index in [4.69, 9.17) is 0 Å². The fraction of sp³-hybridized carbons (Fsp3) is 0.111. The van der Waals surface area contributed by atoms with Crippen LogP contribution in [0.4, 0.5) is 11.5 Å². The summed E-state index contributed by atoms with van der Waals surface area (Å²) >= 11 is 3.18. The highest BCUT2D eigenvalue weighted by Gasteiger charge is 2.20. The third-order valence-corrected chi connectivity index (χ3v) is 3.86. The number of anilines is 2. The molecule has 0 radical (unpaired) electrons. The van der Waals surface area contributed by atoms with Crippen LogP contribution in [-0.4, -0.2) is 25.6 Å². The molecule has 9 heteroatoms. The Kier molecular flexibility index (Phi) is 3.53. The first-order valence-corrected chi connectivity index (χ1v) is 7.06. The molecule has 7 nitrogen and oxygen atoms in total. The smallest absolute Gasteiger partial charge is 0.265 e. The maximum Gasteiger partial charge on any atom is 0.265 e. The zero-order valence-electron chi connectivity index (χ0n) is 9.21. The van der Waals surface area contributed by atoms with Crippen molar-refractivity contribution >= 4 is 37.5 Å². The van der Waals surface area contributed by atoms with Gasteiger partial charge in [-0.05, 0) is 22.0 Å². The molecule has 18 heavy (non-hydrogen) atoms. The summed E-state index contributed by atoms with van der Waals surface area (Å²) in [4.78, 5) is 4.00. The van der Waals surface area contributed by atoms with Gasteiger partial charge in [0.15, 0.2) is 0 Å². The van der Waals surface area contributed by atoms with Crippen LogP contribution in [-0.2, 0) is 10.0 Å². The SMILES string of the molecule is CNc1ncc(Br)cc1S(=O)(=O)Nc1cnoc1. The molecule has 2 rings (SSSR count). The van der Waals surface area contributed by atoms with Gasteiger partial charge in [0.1, 0.15) is 22.7 Å². The predicted octanol–water partition coefficient (Wildman–Crippen LogP) is 1.67. The summed E-state index contributed by atoms with van der Waals surface area (Å²) in [6.07, 6.45) is 3.97. The molecule has 0 unspecified atom stereocenters. The lowest BCUT2D eigenvalue weighted by atomic mass is 10.4. The molecule has 2 heterocycles. The van der Waals surface area contributed by atoms with Crippen molar-refractivity contribution < 1.29 is 12.9 Å². The molecule has 2 aromatic heterocycles. The van der Waals surface area contributed by atoms with E-state index >= 15 is 0 Å². The maximum absolute atomic E-state index is 12.2. The van der Waals surface area contributed by atoms with E-state index < -0.39 is 10.0 Å². The number of aromatic nitrogens is 2. The van der Waals surface area contributed by atoms with Crippen molar-refractivity contribution in [3.8, 4) is 0 Å². The molecule has 2 aromatic rings. The number of rotatable bonds is 4. The standard InChI is InChI=1S/C9H9BrN4O3S/c1-11-9-8(2-6(10)3-12-9)18(15,16)14-7-4-13-17-5-7/h2-5,14H,1H3,(H,11,12). The zero-order chi connectivity index (χ0) is 13.2. The molecule has 0 saturated carbocycles. The van der Waals surface area contributed by atoms with Crippen LogP contribution in [0.25, 0.3) is 0 Å². The molecule has 0 saturated heterocycles. The number of halogens is 1. The molecular weight excluding hydrogens is 324 g/mol. The summed E-state index contributed by atoms with van der Waals surface area (Å²) in [5.74, 6) is 0.252. The summed E-state index contributed by atoms with van der Waals surface area (Å²) in [5, 5.41) is 6.14. The van der Waals surface area contributed by atoms with E-state index in [1.165, 1.54) is 24.7 Å². The van der Waals surface area contributed by atoms with Crippen molar-refractivity contribution in [3.63, 3.8) is 0 Å². The van der Waals surface area contributed by atoms with Gasteiger partial charge in [0, 0.05) is 17.7 Å². The minimum absolute atomic E-state index is 0.0283. The summed E-state index contributed by atoms with van der Waals surface area (Å²) in [6, 6.07) is 1.45. The van der Waals surface area contributed by atoms with Crippen molar-refractivity contribution in [3.05, 3.63) is 29.2 Å². The summed E-state index contributed by atoms with van der Waals surface area (Å²) < 4.78 is 31.8. The highest BCUT2D eigenvalue weighted by Crippen LogP contribution is 2.24. The van der Waals surface area contributed by atoms with Crippen LogP contribution in [0.3, 0.4) is 0 Å². The van der Waals surface area contributed by atoms with Gasteiger partial charge in [-0.15, -0.1) is 0 Å². The van der Waals surface area contributed by atoms with Gasteiger partial charge in [-0.1, -0.05) is 5.16 Å². The minimum Gasteiger partial charge on any atom is -0.372 e. The highest BCUT2D eigenvalue weighted by atomic mass is 79.9. The van der Waals surface area contributed by atoms with Gasteiger partial charge in [0.05, 0.1) is 6.20 Å². The van der Waals surface area contributed by atoms with Crippen molar-refractivity contribution in [1.29, 1.82) is 0 Å². The first-order chi connectivity index (χ1) is 8.53. The third kappa shape index (κ3) is 2.62. The van der Waals surface area contributed by atoms with Crippen molar-refractivity contribution in [2.24, 2.45) is 0 Å².